The molecule has 0 radical (unpaired) electrons. The molecule has 1 aromatic carbocycles. The van der Waals surface area contributed by atoms with Crippen molar-refractivity contribution in [3.8, 4) is 0 Å². The topological polar surface area (TPSA) is 62.5 Å². The number of hydrogen-bond donors (Lipinski definition) is 1. The van der Waals surface area contributed by atoms with E-state index in [4.69, 9.17) is 10.7 Å². The van der Waals surface area contributed by atoms with Crippen LogP contribution >= 0.6 is 11.3 Å². The lowest BCUT2D eigenvalue weighted by Crippen LogP contribution is -2.48. The molecule has 1 aliphatic carbocycles. The number of fused-ring (bicyclic) bond motifs is 2. The zero-order chi connectivity index (χ0) is 22.5. The lowest BCUT2D eigenvalue weighted by molar-refractivity contribution is 0.0752. The quantitative estimate of drug-likeness (QED) is 0.600. The highest BCUT2D eigenvalue weighted by molar-refractivity contribution is 7.21. The molecular weight excluding hydrogens is 416 g/mol. The van der Waals surface area contributed by atoms with Crippen LogP contribution in [0.15, 0.2) is 36.4 Å². The number of carbonyl (C=O) groups excluding carboxylic acids is 1. The summed E-state index contributed by atoms with van der Waals surface area (Å²) in [6.45, 7) is 10.0. The molecule has 3 aromatic rings. The fraction of sp³-hybridized carbons (Fsp3) is 0.462. The number of piperazine rings is 1. The van der Waals surface area contributed by atoms with E-state index in [1.807, 2.05) is 11.0 Å². The molecule has 1 atom stereocenters. The first kappa shape index (κ1) is 21.3. The Labute approximate surface area is 194 Å². The Morgan fingerprint density at radius 1 is 1.12 bits per heavy atom. The number of aryl methyl sites for hydroxylation is 1. The fourth-order valence-corrected chi connectivity index (χ4v) is 6.10. The van der Waals surface area contributed by atoms with Crippen LogP contribution in [0.5, 0.6) is 0 Å². The standard InChI is InChI=1S/C26H32N4OS/c1-26(2,3)18-9-10-21-17(15-18)16-20-22(27)23(32-24(20)28-21)25(31)30-13-11-29(12-14-30)19-7-5-4-6-8-19/h4-8,16,18H,9-15,27H2,1-3H3. The maximum absolute atomic E-state index is 13.3. The lowest BCUT2D eigenvalue weighted by Gasteiger charge is -2.36. The minimum atomic E-state index is 0.0451. The zero-order valence-corrected chi connectivity index (χ0v) is 20.0. The van der Waals surface area contributed by atoms with Crippen LogP contribution in [-0.2, 0) is 12.8 Å². The van der Waals surface area contributed by atoms with Gasteiger partial charge in [-0.25, -0.2) is 4.98 Å². The van der Waals surface area contributed by atoms with Crippen molar-refractivity contribution in [3.05, 3.63) is 52.5 Å². The van der Waals surface area contributed by atoms with E-state index >= 15 is 0 Å². The van der Waals surface area contributed by atoms with Gasteiger partial charge in [-0.2, -0.15) is 0 Å². The third kappa shape index (κ3) is 3.85. The van der Waals surface area contributed by atoms with E-state index in [1.54, 1.807) is 0 Å². The second-order valence-corrected chi connectivity index (χ2v) is 11.2. The van der Waals surface area contributed by atoms with E-state index in [2.05, 4.69) is 56.0 Å². The van der Waals surface area contributed by atoms with Gasteiger partial charge in [-0.15, -0.1) is 11.3 Å². The Kier molecular flexibility index (Phi) is 5.36. The van der Waals surface area contributed by atoms with E-state index < -0.39 is 0 Å². The van der Waals surface area contributed by atoms with Crippen LogP contribution in [0.25, 0.3) is 10.2 Å². The number of benzene rings is 1. The molecular formula is C26H32N4OS. The number of pyridine rings is 1. The molecule has 2 aliphatic rings. The summed E-state index contributed by atoms with van der Waals surface area (Å²) in [5.41, 5.74) is 11.1. The smallest absolute Gasteiger partial charge is 0.266 e. The van der Waals surface area contributed by atoms with Crippen molar-refractivity contribution in [2.24, 2.45) is 11.3 Å². The number of anilines is 2. The second kappa shape index (κ2) is 8.07. The highest BCUT2D eigenvalue weighted by Gasteiger charge is 2.31. The predicted molar refractivity (Wildman–Crippen MR) is 134 cm³/mol. The monoisotopic (exact) mass is 448 g/mol. The van der Waals surface area contributed by atoms with E-state index in [-0.39, 0.29) is 11.3 Å². The van der Waals surface area contributed by atoms with Gasteiger partial charge in [0.1, 0.15) is 9.71 Å². The first-order valence-corrected chi connectivity index (χ1v) is 12.4. The van der Waals surface area contributed by atoms with Crippen LogP contribution in [0.4, 0.5) is 11.4 Å². The molecule has 1 aliphatic heterocycles. The fourth-order valence-electron chi connectivity index (χ4n) is 5.04. The molecule has 2 aromatic heterocycles. The van der Waals surface area contributed by atoms with Crippen molar-refractivity contribution in [3.63, 3.8) is 0 Å². The molecule has 2 N–H and O–H groups in total. The number of hydrogen-bond acceptors (Lipinski definition) is 5. The SMILES string of the molecule is CC(C)(C)C1CCc2nc3sc(C(=O)N4CCN(c5ccccc5)CC4)c(N)c3cc2C1. The molecule has 0 spiro atoms. The molecule has 32 heavy (non-hydrogen) atoms. The van der Waals surface area contributed by atoms with E-state index in [0.29, 0.717) is 29.6 Å². The molecule has 0 saturated carbocycles. The number of thiophene rings is 1. The van der Waals surface area contributed by atoms with Gasteiger partial charge in [0.2, 0.25) is 0 Å². The van der Waals surface area contributed by atoms with E-state index in [0.717, 1.165) is 36.1 Å². The molecule has 0 bridgehead atoms. The molecule has 1 amide bonds. The average Bonchev–Trinajstić information content (AvgIpc) is 3.12. The van der Waals surface area contributed by atoms with Gasteiger partial charge in [-0.3, -0.25) is 4.79 Å². The summed E-state index contributed by atoms with van der Waals surface area (Å²) in [6, 6.07) is 12.6. The van der Waals surface area contributed by atoms with E-state index in [1.165, 1.54) is 34.7 Å². The first-order valence-electron chi connectivity index (χ1n) is 11.6. The molecule has 5 nitrogen and oxygen atoms in total. The third-order valence-electron chi connectivity index (χ3n) is 7.19. The third-order valence-corrected chi connectivity index (χ3v) is 8.30. The minimum absolute atomic E-state index is 0.0451. The van der Waals surface area contributed by atoms with Gasteiger partial charge < -0.3 is 15.5 Å². The minimum Gasteiger partial charge on any atom is -0.397 e. The van der Waals surface area contributed by atoms with Crippen molar-refractivity contribution in [2.45, 2.75) is 40.0 Å². The van der Waals surface area contributed by atoms with Crippen molar-refractivity contribution >= 4 is 38.8 Å². The Morgan fingerprint density at radius 2 is 1.84 bits per heavy atom. The highest BCUT2D eigenvalue weighted by atomic mass is 32.1. The Balaban J connectivity index is 1.36. The van der Waals surface area contributed by atoms with Crippen LogP contribution in [-0.4, -0.2) is 42.0 Å². The molecule has 168 valence electrons. The largest absolute Gasteiger partial charge is 0.397 e. The molecule has 1 saturated heterocycles. The summed E-state index contributed by atoms with van der Waals surface area (Å²) in [5, 5.41) is 0.953. The van der Waals surface area contributed by atoms with Crippen LogP contribution in [0.2, 0.25) is 0 Å². The molecule has 5 rings (SSSR count). The van der Waals surface area contributed by atoms with Gasteiger partial charge in [0.15, 0.2) is 0 Å². The number of aromatic nitrogens is 1. The number of nitrogens with zero attached hydrogens (tertiary/aromatic N) is 3. The highest BCUT2D eigenvalue weighted by Crippen LogP contribution is 2.40. The van der Waals surface area contributed by atoms with Gasteiger partial charge in [-0.1, -0.05) is 39.0 Å². The normalized spacial score (nSPS) is 19.3. The Morgan fingerprint density at radius 3 is 2.53 bits per heavy atom. The second-order valence-electron chi connectivity index (χ2n) is 10.2. The maximum atomic E-state index is 13.3. The average molecular weight is 449 g/mol. The van der Waals surface area contributed by atoms with Crippen molar-refractivity contribution in [2.75, 3.05) is 36.8 Å². The van der Waals surface area contributed by atoms with Crippen molar-refractivity contribution < 1.29 is 4.79 Å². The van der Waals surface area contributed by atoms with Crippen LogP contribution < -0.4 is 10.6 Å². The van der Waals surface area contributed by atoms with Crippen LogP contribution in [0.3, 0.4) is 0 Å². The predicted octanol–water partition coefficient (Wildman–Crippen LogP) is 4.99. The van der Waals surface area contributed by atoms with Crippen molar-refractivity contribution in [1.29, 1.82) is 0 Å². The number of rotatable bonds is 2. The van der Waals surface area contributed by atoms with Gasteiger partial charge in [-0.05, 0) is 54.4 Å². The lowest BCUT2D eigenvalue weighted by atomic mass is 9.71. The van der Waals surface area contributed by atoms with Gasteiger partial charge in [0, 0.05) is 42.9 Å². The van der Waals surface area contributed by atoms with Gasteiger partial charge >= 0.3 is 0 Å². The summed E-state index contributed by atoms with van der Waals surface area (Å²) < 4.78 is 0. The Hall–Kier alpha value is -2.60. The zero-order valence-electron chi connectivity index (χ0n) is 19.2. The number of nitrogen functional groups attached to an aromatic ring is 1. The van der Waals surface area contributed by atoms with Gasteiger partial charge in [0.25, 0.3) is 5.91 Å². The summed E-state index contributed by atoms with van der Waals surface area (Å²) in [6.07, 6.45) is 3.23. The number of para-hydroxylation sites is 1. The number of carbonyl (C=O) groups is 1. The summed E-state index contributed by atoms with van der Waals surface area (Å²) in [7, 11) is 0. The molecule has 6 heteroatoms. The van der Waals surface area contributed by atoms with Gasteiger partial charge in [0.05, 0.1) is 5.69 Å². The summed E-state index contributed by atoms with van der Waals surface area (Å²) in [4.78, 5) is 24.1. The first-order chi connectivity index (χ1) is 15.3. The maximum Gasteiger partial charge on any atom is 0.266 e. The Bertz CT molecular complexity index is 1140. The summed E-state index contributed by atoms with van der Waals surface area (Å²) >= 11 is 1.46. The number of amides is 1. The van der Waals surface area contributed by atoms with E-state index in [9.17, 15) is 4.79 Å². The van der Waals surface area contributed by atoms with Crippen LogP contribution in [0.1, 0.15) is 48.1 Å². The number of nitrogens with two attached hydrogens (primary N) is 1. The molecule has 1 unspecified atom stereocenters. The summed E-state index contributed by atoms with van der Waals surface area (Å²) in [5.74, 6) is 0.694. The van der Waals surface area contributed by atoms with Crippen LogP contribution in [0, 0.1) is 11.3 Å². The molecule has 3 heterocycles. The molecule has 1 fully saturated rings. The van der Waals surface area contributed by atoms with Crippen molar-refractivity contribution in [1.82, 2.24) is 9.88 Å².